The van der Waals surface area contributed by atoms with Crippen LogP contribution in [0.2, 0.25) is 0 Å². The normalized spacial score (nSPS) is 10.4. The van der Waals surface area contributed by atoms with Crippen LogP contribution in [-0.2, 0) is 0 Å². The van der Waals surface area contributed by atoms with Crippen LogP contribution in [0.4, 0.5) is 5.82 Å². The largest absolute Gasteiger partial charge is 0.383 e. The van der Waals surface area contributed by atoms with Crippen LogP contribution in [0.1, 0.15) is 5.56 Å². The van der Waals surface area contributed by atoms with Crippen LogP contribution in [0.5, 0.6) is 0 Å². The summed E-state index contributed by atoms with van der Waals surface area (Å²) in [7, 11) is 0. The first-order valence-electron chi connectivity index (χ1n) is 6.05. The molecule has 4 heteroatoms. The monoisotopic (exact) mass is 323 g/mol. The minimum atomic E-state index is 0.265. The van der Waals surface area contributed by atoms with E-state index in [4.69, 9.17) is 5.73 Å². The number of hydrogen-bond acceptors (Lipinski definition) is 3. The van der Waals surface area contributed by atoms with Gasteiger partial charge < -0.3 is 5.73 Å². The first-order chi connectivity index (χ1) is 9.70. The number of benzene rings is 2. The van der Waals surface area contributed by atoms with Crippen molar-refractivity contribution < 1.29 is 0 Å². The van der Waals surface area contributed by atoms with Crippen LogP contribution < -0.4 is 5.73 Å². The Hall–Kier alpha value is -2.38. The van der Waals surface area contributed by atoms with E-state index in [9.17, 15) is 5.26 Å². The van der Waals surface area contributed by atoms with Gasteiger partial charge in [0.1, 0.15) is 17.5 Å². The average Bonchev–Trinajstić information content (AvgIpc) is 2.45. The first kappa shape index (κ1) is 12.6. The average molecular weight is 324 g/mol. The number of nitrogen functional groups attached to an aromatic ring is 1. The summed E-state index contributed by atoms with van der Waals surface area (Å²) in [5.41, 5.74) is 8.91. The number of hydrogen-bond donors (Lipinski definition) is 1. The molecular formula is C16H10BrN3. The minimum Gasteiger partial charge on any atom is -0.383 e. The topological polar surface area (TPSA) is 62.7 Å². The van der Waals surface area contributed by atoms with Gasteiger partial charge in [0.2, 0.25) is 0 Å². The van der Waals surface area contributed by atoms with E-state index in [1.165, 1.54) is 0 Å². The number of nitrogens with zero attached hydrogens (tertiary/aromatic N) is 2. The molecule has 0 radical (unpaired) electrons. The fourth-order valence-corrected chi connectivity index (χ4v) is 2.69. The Morgan fingerprint density at radius 3 is 2.65 bits per heavy atom. The van der Waals surface area contributed by atoms with Gasteiger partial charge in [-0.3, -0.25) is 0 Å². The van der Waals surface area contributed by atoms with E-state index in [0.29, 0.717) is 5.56 Å². The molecule has 2 N–H and O–H groups in total. The lowest BCUT2D eigenvalue weighted by molar-refractivity contribution is 1.37. The molecule has 0 amide bonds. The number of anilines is 1. The van der Waals surface area contributed by atoms with Gasteiger partial charge in [0.15, 0.2) is 0 Å². The zero-order valence-electron chi connectivity index (χ0n) is 10.5. The molecule has 3 aromatic rings. The minimum absolute atomic E-state index is 0.265. The molecular weight excluding hydrogens is 314 g/mol. The highest BCUT2D eigenvalue weighted by Gasteiger charge is 2.14. The fourth-order valence-electron chi connectivity index (χ4n) is 2.29. The number of nitriles is 1. The third-order valence-corrected chi connectivity index (χ3v) is 3.64. The molecule has 0 bridgehead atoms. The molecule has 1 aromatic heterocycles. The van der Waals surface area contributed by atoms with E-state index >= 15 is 0 Å². The molecule has 20 heavy (non-hydrogen) atoms. The summed E-state index contributed by atoms with van der Waals surface area (Å²) in [6.07, 6.45) is 0. The molecule has 0 unspecified atom stereocenters. The SMILES string of the molecule is N#Cc1c(N)nc2ccccc2c1-c1cccc(Br)c1. The number of pyridine rings is 1. The standard InChI is InChI=1S/C16H10BrN3/c17-11-5-3-4-10(8-11)15-12-6-1-2-7-14(12)20-16(19)13(15)9-18/h1-8H,(H2,19,20). The number of aromatic nitrogens is 1. The van der Waals surface area contributed by atoms with Crippen molar-refractivity contribution in [1.29, 1.82) is 5.26 Å². The lowest BCUT2D eigenvalue weighted by Crippen LogP contribution is -1.99. The van der Waals surface area contributed by atoms with Crippen molar-refractivity contribution in [2.45, 2.75) is 0 Å². The Kier molecular flexibility index (Phi) is 3.13. The van der Waals surface area contributed by atoms with Crippen molar-refractivity contribution in [3.63, 3.8) is 0 Å². The zero-order valence-corrected chi connectivity index (χ0v) is 12.1. The van der Waals surface area contributed by atoms with Crippen LogP contribution in [0.15, 0.2) is 53.0 Å². The highest BCUT2D eigenvalue weighted by molar-refractivity contribution is 9.10. The maximum atomic E-state index is 9.41. The summed E-state index contributed by atoms with van der Waals surface area (Å²) in [5, 5.41) is 10.3. The molecule has 0 atom stereocenters. The number of para-hydroxylation sites is 1. The summed E-state index contributed by atoms with van der Waals surface area (Å²) in [5.74, 6) is 0.265. The van der Waals surface area contributed by atoms with Crippen LogP contribution in [-0.4, -0.2) is 4.98 Å². The summed E-state index contributed by atoms with van der Waals surface area (Å²) in [4.78, 5) is 4.30. The third-order valence-electron chi connectivity index (χ3n) is 3.15. The van der Waals surface area contributed by atoms with E-state index in [0.717, 1.165) is 26.5 Å². The number of rotatable bonds is 1. The number of nitrogens with two attached hydrogens (primary N) is 1. The van der Waals surface area contributed by atoms with Gasteiger partial charge in [-0.2, -0.15) is 5.26 Å². The molecule has 0 aliphatic heterocycles. The molecule has 0 spiro atoms. The van der Waals surface area contributed by atoms with Gasteiger partial charge in [-0.1, -0.05) is 46.3 Å². The van der Waals surface area contributed by atoms with Gasteiger partial charge >= 0.3 is 0 Å². The van der Waals surface area contributed by atoms with Crippen molar-refractivity contribution >= 4 is 32.7 Å². The predicted octanol–water partition coefficient (Wildman–Crippen LogP) is 4.12. The molecule has 0 aliphatic rings. The fraction of sp³-hybridized carbons (Fsp3) is 0. The Bertz CT molecular complexity index is 850. The van der Waals surface area contributed by atoms with Gasteiger partial charge in [0, 0.05) is 15.4 Å². The summed E-state index contributed by atoms with van der Waals surface area (Å²) < 4.78 is 0.957. The van der Waals surface area contributed by atoms with Crippen molar-refractivity contribution in [3.8, 4) is 17.2 Å². The van der Waals surface area contributed by atoms with Crippen molar-refractivity contribution in [3.05, 3.63) is 58.6 Å². The molecule has 3 rings (SSSR count). The van der Waals surface area contributed by atoms with E-state index < -0.39 is 0 Å². The van der Waals surface area contributed by atoms with Gasteiger partial charge in [-0.05, 0) is 23.8 Å². The summed E-state index contributed by atoms with van der Waals surface area (Å²) >= 11 is 3.46. The van der Waals surface area contributed by atoms with Crippen LogP contribution in [0, 0.1) is 11.3 Å². The van der Waals surface area contributed by atoms with Gasteiger partial charge in [-0.25, -0.2) is 4.98 Å². The third kappa shape index (κ3) is 2.02. The van der Waals surface area contributed by atoms with Crippen LogP contribution in [0.3, 0.4) is 0 Å². The van der Waals surface area contributed by atoms with Gasteiger partial charge in [0.05, 0.1) is 5.52 Å². The summed E-state index contributed by atoms with van der Waals surface area (Å²) in [6.45, 7) is 0. The molecule has 0 fully saturated rings. The molecule has 2 aromatic carbocycles. The van der Waals surface area contributed by atoms with Crippen molar-refractivity contribution in [2.24, 2.45) is 0 Å². The molecule has 0 saturated heterocycles. The Balaban J connectivity index is 2.47. The van der Waals surface area contributed by atoms with Crippen molar-refractivity contribution in [1.82, 2.24) is 4.98 Å². The first-order valence-corrected chi connectivity index (χ1v) is 6.84. The van der Waals surface area contributed by atoms with Gasteiger partial charge in [0.25, 0.3) is 0 Å². The second-order valence-corrected chi connectivity index (χ2v) is 5.30. The quantitative estimate of drug-likeness (QED) is 0.732. The lowest BCUT2D eigenvalue weighted by atomic mass is 9.96. The Morgan fingerprint density at radius 1 is 1.10 bits per heavy atom. The highest BCUT2D eigenvalue weighted by Crippen LogP contribution is 2.34. The molecule has 0 aliphatic carbocycles. The second-order valence-electron chi connectivity index (χ2n) is 4.39. The summed E-state index contributed by atoms with van der Waals surface area (Å²) in [6, 6.07) is 17.7. The molecule has 3 nitrogen and oxygen atoms in total. The Morgan fingerprint density at radius 2 is 1.90 bits per heavy atom. The predicted molar refractivity (Wildman–Crippen MR) is 84.0 cm³/mol. The van der Waals surface area contributed by atoms with Crippen LogP contribution in [0.25, 0.3) is 22.0 Å². The van der Waals surface area contributed by atoms with E-state index in [1.807, 2.05) is 48.5 Å². The smallest absolute Gasteiger partial charge is 0.142 e. The zero-order chi connectivity index (χ0) is 14.1. The molecule has 96 valence electrons. The van der Waals surface area contributed by atoms with E-state index in [1.54, 1.807) is 0 Å². The maximum Gasteiger partial charge on any atom is 0.142 e. The van der Waals surface area contributed by atoms with Crippen LogP contribution >= 0.6 is 15.9 Å². The van der Waals surface area contributed by atoms with E-state index in [2.05, 4.69) is 27.0 Å². The molecule has 1 heterocycles. The maximum absolute atomic E-state index is 9.41. The molecule has 0 saturated carbocycles. The number of fused-ring (bicyclic) bond motifs is 1. The van der Waals surface area contributed by atoms with Crippen molar-refractivity contribution in [2.75, 3.05) is 5.73 Å². The number of halogens is 1. The highest BCUT2D eigenvalue weighted by atomic mass is 79.9. The Labute approximate surface area is 124 Å². The van der Waals surface area contributed by atoms with E-state index in [-0.39, 0.29) is 5.82 Å². The second kappa shape index (κ2) is 4.95. The van der Waals surface area contributed by atoms with Gasteiger partial charge in [-0.15, -0.1) is 0 Å². The lowest BCUT2D eigenvalue weighted by Gasteiger charge is -2.11.